The zero-order valence-electron chi connectivity index (χ0n) is 11.0. The molecule has 0 saturated heterocycles. The van der Waals surface area contributed by atoms with Gasteiger partial charge in [-0.05, 0) is 18.2 Å². The smallest absolute Gasteiger partial charge is 0.189 e. The lowest BCUT2D eigenvalue weighted by molar-refractivity contribution is 0.0978. The summed E-state index contributed by atoms with van der Waals surface area (Å²) in [4.78, 5) is 20.7. The maximum Gasteiger partial charge on any atom is 0.189 e. The van der Waals surface area contributed by atoms with Gasteiger partial charge in [-0.25, -0.2) is 14.6 Å². The maximum atomic E-state index is 12.8. The number of rotatable bonds is 4. The minimum Gasteiger partial charge on any atom is -0.292 e. The van der Waals surface area contributed by atoms with Crippen LogP contribution in [0.5, 0.6) is 0 Å². The Kier molecular flexibility index (Phi) is 3.96. The standard InChI is InChI=1S/C14H8ClN5OS/c15-9-1-2-12(20-8-17-7-19-20)10(5-9)13(21)11(6-16)14-18-3-4-22-14/h1-5,7-8,11H. The quantitative estimate of drug-likeness (QED) is 0.687. The highest BCUT2D eigenvalue weighted by Gasteiger charge is 2.27. The van der Waals surface area contributed by atoms with E-state index in [2.05, 4.69) is 15.1 Å². The number of ketones is 1. The molecule has 2 aromatic heterocycles. The lowest BCUT2D eigenvalue weighted by atomic mass is 9.98. The van der Waals surface area contributed by atoms with Gasteiger partial charge in [0.25, 0.3) is 0 Å². The van der Waals surface area contributed by atoms with Crippen molar-refractivity contribution in [1.29, 1.82) is 5.26 Å². The third kappa shape index (κ3) is 2.62. The van der Waals surface area contributed by atoms with E-state index in [4.69, 9.17) is 11.6 Å². The molecule has 0 spiro atoms. The zero-order chi connectivity index (χ0) is 15.5. The molecule has 0 radical (unpaired) electrons. The Labute approximate surface area is 134 Å². The van der Waals surface area contributed by atoms with E-state index in [1.165, 1.54) is 34.7 Å². The summed E-state index contributed by atoms with van der Waals surface area (Å²) in [6.45, 7) is 0. The van der Waals surface area contributed by atoms with Crippen LogP contribution in [0, 0.1) is 11.3 Å². The van der Waals surface area contributed by atoms with Crippen molar-refractivity contribution in [3.63, 3.8) is 0 Å². The maximum absolute atomic E-state index is 12.8. The number of hydrogen-bond donors (Lipinski definition) is 0. The summed E-state index contributed by atoms with van der Waals surface area (Å²) in [5.41, 5.74) is 0.823. The van der Waals surface area contributed by atoms with Crippen LogP contribution in [-0.2, 0) is 0 Å². The van der Waals surface area contributed by atoms with Crippen LogP contribution >= 0.6 is 22.9 Å². The van der Waals surface area contributed by atoms with Gasteiger partial charge in [-0.1, -0.05) is 11.6 Å². The number of carbonyl (C=O) groups is 1. The van der Waals surface area contributed by atoms with Gasteiger partial charge in [0.2, 0.25) is 0 Å². The number of benzene rings is 1. The first-order valence-electron chi connectivity index (χ1n) is 6.18. The van der Waals surface area contributed by atoms with Crippen molar-refractivity contribution < 1.29 is 4.79 Å². The zero-order valence-corrected chi connectivity index (χ0v) is 12.6. The number of nitriles is 1. The van der Waals surface area contributed by atoms with E-state index in [9.17, 15) is 10.1 Å². The number of aromatic nitrogens is 4. The minimum atomic E-state index is -0.972. The molecule has 0 saturated carbocycles. The average molecular weight is 330 g/mol. The molecule has 0 N–H and O–H groups in total. The predicted molar refractivity (Wildman–Crippen MR) is 81.2 cm³/mol. The Morgan fingerprint density at radius 3 is 2.95 bits per heavy atom. The molecule has 0 aliphatic heterocycles. The molecule has 108 valence electrons. The Morgan fingerprint density at radius 1 is 1.45 bits per heavy atom. The SMILES string of the molecule is N#CC(C(=O)c1cc(Cl)ccc1-n1cncn1)c1nccs1. The van der Waals surface area contributed by atoms with Crippen LogP contribution in [0.4, 0.5) is 0 Å². The molecule has 8 heteroatoms. The fraction of sp³-hybridized carbons (Fsp3) is 0.0714. The van der Waals surface area contributed by atoms with E-state index in [-0.39, 0.29) is 5.78 Å². The van der Waals surface area contributed by atoms with Crippen LogP contribution in [0.15, 0.2) is 42.4 Å². The molecule has 1 atom stereocenters. The molecule has 2 heterocycles. The predicted octanol–water partition coefficient (Wildman–Crippen LogP) is 2.87. The summed E-state index contributed by atoms with van der Waals surface area (Å²) in [7, 11) is 0. The molecule has 22 heavy (non-hydrogen) atoms. The van der Waals surface area contributed by atoms with Gasteiger partial charge >= 0.3 is 0 Å². The van der Waals surface area contributed by atoms with E-state index in [1.807, 2.05) is 6.07 Å². The van der Waals surface area contributed by atoms with E-state index in [1.54, 1.807) is 23.7 Å². The van der Waals surface area contributed by atoms with E-state index in [0.29, 0.717) is 21.3 Å². The second-order valence-corrected chi connectivity index (χ2v) is 5.66. The average Bonchev–Trinajstić information content (AvgIpc) is 3.21. The molecule has 3 rings (SSSR count). The molecule has 6 nitrogen and oxygen atoms in total. The molecule has 3 aromatic rings. The van der Waals surface area contributed by atoms with Crippen molar-refractivity contribution >= 4 is 28.7 Å². The Balaban J connectivity index is 2.09. The van der Waals surface area contributed by atoms with Crippen molar-refractivity contribution in [2.45, 2.75) is 5.92 Å². The van der Waals surface area contributed by atoms with Crippen LogP contribution in [-0.4, -0.2) is 25.5 Å². The summed E-state index contributed by atoms with van der Waals surface area (Å²) in [6.07, 6.45) is 4.41. The van der Waals surface area contributed by atoms with Gasteiger partial charge in [-0.3, -0.25) is 4.79 Å². The Bertz CT molecular complexity index is 839. The van der Waals surface area contributed by atoms with E-state index < -0.39 is 5.92 Å². The number of nitrogens with zero attached hydrogens (tertiary/aromatic N) is 5. The summed E-state index contributed by atoms with van der Waals surface area (Å²) in [5.74, 6) is -1.34. The second-order valence-electron chi connectivity index (χ2n) is 4.30. The first-order chi connectivity index (χ1) is 10.7. The summed E-state index contributed by atoms with van der Waals surface area (Å²) in [5, 5.41) is 16.0. The third-order valence-electron chi connectivity index (χ3n) is 2.98. The van der Waals surface area contributed by atoms with Crippen molar-refractivity contribution in [2.75, 3.05) is 0 Å². The molecule has 0 amide bonds. The Morgan fingerprint density at radius 2 is 2.32 bits per heavy atom. The molecule has 1 aromatic carbocycles. The molecular formula is C14H8ClN5OS. The van der Waals surface area contributed by atoms with Gasteiger partial charge in [0.15, 0.2) is 11.7 Å². The van der Waals surface area contributed by atoms with Gasteiger partial charge in [-0.15, -0.1) is 11.3 Å². The number of carbonyl (C=O) groups excluding carboxylic acids is 1. The highest BCUT2D eigenvalue weighted by atomic mass is 35.5. The van der Waals surface area contributed by atoms with Gasteiger partial charge < -0.3 is 0 Å². The molecule has 0 fully saturated rings. The molecular weight excluding hydrogens is 322 g/mol. The van der Waals surface area contributed by atoms with Gasteiger partial charge in [0.1, 0.15) is 17.7 Å². The monoisotopic (exact) mass is 329 g/mol. The summed E-state index contributed by atoms with van der Waals surface area (Å²) < 4.78 is 1.46. The minimum absolute atomic E-state index is 0.305. The van der Waals surface area contributed by atoms with Gasteiger partial charge in [-0.2, -0.15) is 10.4 Å². The van der Waals surface area contributed by atoms with E-state index in [0.717, 1.165) is 0 Å². The van der Waals surface area contributed by atoms with Crippen LogP contribution in [0.2, 0.25) is 5.02 Å². The first-order valence-corrected chi connectivity index (χ1v) is 7.44. The first kappa shape index (κ1) is 14.4. The highest BCUT2D eigenvalue weighted by Crippen LogP contribution is 2.27. The normalized spacial score (nSPS) is 11.8. The topological polar surface area (TPSA) is 84.5 Å². The lowest BCUT2D eigenvalue weighted by Gasteiger charge is -2.11. The molecule has 0 aliphatic carbocycles. The fourth-order valence-electron chi connectivity index (χ4n) is 2.00. The van der Waals surface area contributed by atoms with Crippen molar-refractivity contribution in [1.82, 2.24) is 19.7 Å². The van der Waals surface area contributed by atoms with Crippen LogP contribution in [0.3, 0.4) is 0 Å². The highest BCUT2D eigenvalue weighted by molar-refractivity contribution is 7.09. The van der Waals surface area contributed by atoms with E-state index >= 15 is 0 Å². The summed E-state index contributed by atoms with van der Waals surface area (Å²) >= 11 is 7.27. The van der Waals surface area contributed by atoms with Crippen molar-refractivity contribution in [3.05, 3.63) is 58.0 Å². The molecule has 0 aliphatic rings. The van der Waals surface area contributed by atoms with Crippen LogP contribution in [0.25, 0.3) is 5.69 Å². The number of thiazole rings is 1. The van der Waals surface area contributed by atoms with Gasteiger partial charge in [0.05, 0.1) is 11.8 Å². The van der Waals surface area contributed by atoms with Crippen molar-refractivity contribution in [3.8, 4) is 11.8 Å². The van der Waals surface area contributed by atoms with Crippen molar-refractivity contribution in [2.24, 2.45) is 0 Å². The third-order valence-corrected chi connectivity index (χ3v) is 4.05. The largest absolute Gasteiger partial charge is 0.292 e. The second kappa shape index (κ2) is 6.05. The number of Topliss-reactive ketones (excluding diaryl/α,β-unsaturated/α-hetero) is 1. The number of halogens is 1. The fourth-order valence-corrected chi connectivity index (χ4v) is 2.85. The van der Waals surface area contributed by atoms with Crippen LogP contribution in [0.1, 0.15) is 21.3 Å². The van der Waals surface area contributed by atoms with Crippen LogP contribution < -0.4 is 0 Å². The molecule has 1 unspecified atom stereocenters. The Hall–Kier alpha value is -2.56. The van der Waals surface area contributed by atoms with Gasteiger partial charge in [0, 0.05) is 22.2 Å². The number of hydrogen-bond acceptors (Lipinski definition) is 6. The lowest BCUT2D eigenvalue weighted by Crippen LogP contribution is -2.14. The summed E-state index contributed by atoms with van der Waals surface area (Å²) in [6, 6.07) is 6.85. The molecule has 0 bridgehead atoms.